The number of carbonyl (C=O) groups is 1. The van der Waals surface area contributed by atoms with Crippen LogP contribution in [-0.2, 0) is 10.4 Å². The fourth-order valence-corrected chi connectivity index (χ4v) is 5.45. The summed E-state index contributed by atoms with van der Waals surface area (Å²) < 4.78 is 0. The van der Waals surface area contributed by atoms with Crippen LogP contribution in [0.4, 0.5) is 0 Å². The molecule has 0 radical (unpaired) electrons. The number of carboxylic acids is 1. The van der Waals surface area contributed by atoms with Gasteiger partial charge in [0.2, 0.25) is 0 Å². The zero-order valence-corrected chi connectivity index (χ0v) is 22.6. The van der Waals surface area contributed by atoms with Gasteiger partial charge >= 0.3 is 5.97 Å². The molecule has 0 bridgehead atoms. The molecule has 3 aromatic carbocycles. The molecule has 0 amide bonds. The molecule has 6 heteroatoms. The molecule has 37 heavy (non-hydrogen) atoms. The van der Waals surface area contributed by atoms with Crippen molar-refractivity contribution in [1.29, 1.82) is 0 Å². The molecule has 0 aliphatic rings. The predicted octanol–water partition coefficient (Wildman–Crippen LogP) is 7.83. The minimum atomic E-state index is -0.925. The van der Waals surface area contributed by atoms with Crippen molar-refractivity contribution in [2.24, 2.45) is 5.92 Å². The molecular formula is C31H30ClNO3S. The summed E-state index contributed by atoms with van der Waals surface area (Å²) in [5, 5.41) is 21.4. The minimum Gasteiger partial charge on any atom is -0.481 e. The van der Waals surface area contributed by atoms with Crippen molar-refractivity contribution in [2.45, 2.75) is 31.6 Å². The van der Waals surface area contributed by atoms with Crippen molar-refractivity contribution in [3.63, 3.8) is 0 Å². The minimum absolute atomic E-state index is 0.0491. The summed E-state index contributed by atoms with van der Waals surface area (Å²) in [5.41, 5.74) is 4.76. The molecule has 0 spiro atoms. The van der Waals surface area contributed by atoms with Crippen molar-refractivity contribution >= 4 is 52.4 Å². The SMILES string of the molecule is CC(CSC(c1ccc(C(C)(C)O)cc1)c1cccc(/C=C/c2ccc3ccc(Cl)cc3n2)c1)C(=O)O. The molecule has 4 nitrogen and oxygen atoms in total. The molecule has 0 saturated heterocycles. The van der Waals surface area contributed by atoms with E-state index in [1.54, 1.807) is 32.5 Å². The number of aliphatic carboxylic acids is 1. The Morgan fingerprint density at radius 2 is 1.73 bits per heavy atom. The Morgan fingerprint density at radius 3 is 2.43 bits per heavy atom. The fourth-order valence-electron chi connectivity index (χ4n) is 3.97. The van der Waals surface area contributed by atoms with E-state index in [1.165, 1.54) is 0 Å². The van der Waals surface area contributed by atoms with E-state index in [4.69, 9.17) is 16.6 Å². The quantitative estimate of drug-likeness (QED) is 0.230. The van der Waals surface area contributed by atoms with Crippen molar-refractivity contribution in [3.05, 3.63) is 112 Å². The van der Waals surface area contributed by atoms with Gasteiger partial charge in [0.25, 0.3) is 0 Å². The molecule has 0 saturated carbocycles. The first-order valence-electron chi connectivity index (χ1n) is 12.1. The lowest BCUT2D eigenvalue weighted by Gasteiger charge is -2.22. The highest BCUT2D eigenvalue weighted by molar-refractivity contribution is 7.99. The fraction of sp³-hybridized carbons (Fsp3) is 0.226. The molecule has 4 aromatic rings. The molecule has 0 aliphatic heterocycles. The van der Waals surface area contributed by atoms with Gasteiger partial charge in [-0.15, -0.1) is 11.8 Å². The summed E-state index contributed by atoms with van der Waals surface area (Å²) in [7, 11) is 0. The summed E-state index contributed by atoms with van der Waals surface area (Å²) in [6.45, 7) is 5.25. The highest BCUT2D eigenvalue weighted by Crippen LogP contribution is 2.38. The van der Waals surface area contributed by atoms with Gasteiger partial charge in [0.1, 0.15) is 0 Å². The highest BCUT2D eigenvalue weighted by atomic mass is 35.5. The lowest BCUT2D eigenvalue weighted by Crippen LogP contribution is -2.15. The van der Waals surface area contributed by atoms with Gasteiger partial charge in [-0.1, -0.05) is 85.3 Å². The Kier molecular flexibility index (Phi) is 8.38. The zero-order valence-electron chi connectivity index (χ0n) is 21.1. The van der Waals surface area contributed by atoms with Crippen LogP contribution in [0.25, 0.3) is 23.1 Å². The second kappa shape index (κ2) is 11.5. The number of aromatic nitrogens is 1. The number of fused-ring (bicyclic) bond motifs is 1. The second-order valence-electron chi connectivity index (χ2n) is 9.71. The lowest BCUT2D eigenvalue weighted by molar-refractivity contribution is -0.140. The van der Waals surface area contributed by atoms with E-state index in [0.717, 1.165) is 38.9 Å². The van der Waals surface area contributed by atoms with Crippen LogP contribution in [-0.4, -0.2) is 26.9 Å². The van der Waals surface area contributed by atoms with Gasteiger partial charge in [-0.25, -0.2) is 4.98 Å². The van der Waals surface area contributed by atoms with Crippen LogP contribution in [0.15, 0.2) is 78.9 Å². The van der Waals surface area contributed by atoms with E-state index < -0.39 is 17.5 Å². The maximum atomic E-state index is 11.5. The second-order valence-corrected chi connectivity index (χ2v) is 11.3. The van der Waals surface area contributed by atoms with Gasteiger partial charge in [0.05, 0.1) is 28.0 Å². The maximum absolute atomic E-state index is 11.5. The Labute approximate surface area is 227 Å². The van der Waals surface area contributed by atoms with Crippen LogP contribution in [0, 0.1) is 5.92 Å². The van der Waals surface area contributed by atoms with Crippen LogP contribution in [0.2, 0.25) is 5.02 Å². The smallest absolute Gasteiger partial charge is 0.307 e. The number of carboxylic acid groups (broad SMARTS) is 1. The number of nitrogens with zero attached hydrogens (tertiary/aromatic N) is 1. The maximum Gasteiger partial charge on any atom is 0.307 e. The van der Waals surface area contributed by atoms with Crippen LogP contribution in [0.1, 0.15) is 54.0 Å². The Bertz CT molecular complexity index is 1430. The number of halogens is 1. The number of hydrogen-bond acceptors (Lipinski definition) is 4. The number of hydrogen-bond donors (Lipinski definition) is 2. The third-order valence-corrected chi connectivity index (χ3v) is 8.00. The largest absolute Gasteiger partial charge is 0.481 e. The van der Waals surface area contributed by atoms with Crippen LogP contribution in [0.5, 0.6) is 0 Å². The molecular weight excluding hydrogens is 502 g/mol. The average Bonchev–Trinajstić information content (AvgIpc) is 2.87. The number of thioether (sulfide) groups is 1. The molecule has 190 valence electrons. The van der Waals surface area contributed by atoms with Gasteiger partial charge in [-0.2, -0.15) is 0 Å². The molecule has 0 fully saturated rings. The van der Waals surface area contributed by atoms with Crippen molar-refractivity contribution in [2.75, 3.05) is 5.75 Å². The number of pyridine rings is 1. The topological polar surface area (TPSA) is 70.4 Å². The monoisotopic (exact) mass is 531 g/mol. The van der Waals surface area contributed by atoms with E-state index in [9.17, 15) is 15.0 Å². The first-order valence-corrected chi connectivity index (χ1v) is 13.5. The molecule has 4 rings (SSSR count). The molecule has 2 atom stereocenters. The van der Waals surface area contributed by atoms with E-state index in [-0.39, 0.29) is 5.25 Å². The van der Waals surface area contributed by atoms with E-state index in [2.05, 4.69) is 12.1 Å². The number of rotatable bonds is 9. The Hall–Kier alpha value is -3.12. The average molecular weight is 532 g/mol. The standard InChI is InChI=1S/C31H30ClNO3S/c1-20(30(34)35)19-37-29(23-8-12-25(13-9-23)31(2,3)36)24-6-4-5-21(17-24)7-15-27-16-11-22-10-14-26(32)18-28(22)33-27/h4-18,20,29,36H,19H2,1-3H3,(H,34,35)/b15-7+. The van der Waals surface area contributed by atoms with Crippen molar-refractivity contribution < 1.29 is 15.0 Å². The molecule has 1 aromatic heterocycles. The van der Waals surface area contributed by atoms with Gasteiger partial charge in [-0.05, 0) is 60.4 Å². The van der Waals surface area contributed by atoms with Gasteiger partial charge in [0.15, 0.2) is 0 Å². The lowest BCUT2D eigenvalue weighted by atomic mass is 9.95. The normalized spacial score (nSPS) is 13.6. The van der Waals surface area contributed by atoms with E-state index >= 15 is 0 Å². The summed E-state index contributed by atoms with van der Waals surface area (Å²) in [4.78, 5) is 16.1. The molecule has 2 N–H and O–H groups in total. The Balaban J connectivity index is 1.62. The van der Waals surface area contributed by atoms with Crippen LogP contribution in [0.3, 0.4) is 0 Å². The number of benzene rings is 3. The van der Waals surface area contributed by atoms with E-state index in [0.29, 0.717) is 10.8 Å². The van der Waals surface area contributed by atoms with Gasteiger partial charge in [-0.3, -0.25) is 4.79 Å². The third-order valence-electron chi connectivity index (χ3n) is 6.19. The molecule has 2 unspecified atom stereocenters. The Morgan fingerprint density at radius 1 is 1.00 bits per heavy atom. The predicted molar refractivity (Wildman–Crippen MR) is 155 cm³/mol. The summed E-state index contributed by atoms with van der Waals surface area (Å²) >= 11 is 7.74. The summed E-state index contributed by atoms with van der Waals surface area (Å²) in [6.07, 6.45) is 4.01. The van der Waals surface area contributed by atoms with Crippen LogP contribution >= 0.6 is 23.4 Å². The first-order chi connectivity index (χ1) is 17.6. The number of aliphatic hydroxyl groups is 1. The van der Waals surface area contributed by atoms with Crippen LogP contribution < -0.4 is 0 Å². The highest BCUT2D eigenvalue weighted by Gasteiger charge is 2.21. The van der Waals surface area contributed by atoms with Gasteiger partial charge < -0.3 is 10.2 Å². The molecule has 0 aliphatic carbocycles. The summed E-state index contributed by atoms with van der Waals surface area (Å²) in [6, 6.07) is 25.8. The van der Waals surface area contributed by atoms with E-state index in [1.807, 2.05) is 78.9 Å². The van der Waals surface area contributed by atoms with Crippen molar-refractivity contribution in [3.8, 4) is 0 Å². The van der Waals surface area contributed by atoms with Gasteiger partial charge in [0, 0.05) is 16.2 Å². The zero-order chi connectivity index (χ0) is 26.6. The van der Waals surface area contributed by atoms with Crippen molar-refractivity contribution in [1.82, 2.24) is 4.98 Å². The molecule has 1 heterocycles. The summed E-state index contributed by atoms with van der Waals surface area (Å²) in [5.74, 6) is -0.778. The first kappa shape index (κ1) is 26.9. The third kappa shape index (κ3) is 7.01.